The van der Waals surface area contributed by atoms with Crippen LogP contribution in [0.5, 0.6) is 0 Å². The Morgan fingerprint density at radius 2 is 1.93 bits per heavy atom. The summed E-state index contributed by atoms with van der Waals surface area (Å²) in [7, 11) is 0. The molecule has 1 unspecified atom stereocenters. The van der Waals surface area contributed by atoms with Crippen LogP contribution < -0.4 is 0 Å². The van der Waals surface area contributed by atoms with Crippen molar-refractivity contribution in [2.24, 2.45) is 5.92 Å². The molecule has 0 bridgehead atoms. The first-order chi connectivity index (χ1) is 6.47. The molecule has 0 saturated carbocycles. The van der Waals surface area contributed by atoms with Gasteiger partial charge in [0.2, 0.25) is 0 Å². The van der Waals surface area contributed by atoms with Gasteiger partial charge in [-0.25, -0.2) is 9.59 Å². The Hall–Kier alpha value is -1.32. The van der Waals surface area contributed by atoms with Gasteiger partial charge in [-0.15, -0.1) is 0 Å². The molecule has 1 N–H and O–H groups in total. The molecule has 0 aromatic carbocycles. The summed E-state index contributed by atoms with van der Waals surface area (Å²) in [6, 6.07) is 0. The van der Waals surface area contributed by atoms with Gasteiger partial charge in [-0.3, -0.25) is 0 Å². The molecule has 0 aromatic heterocycles. The van der Waals surface area contributed by atoms with Gasteiger partial charge in [0.25, 0.3) is 0 Å². The maximum absolute atomic E-state index is 11.0. The van der Waals surface area contributed by atoms with E-state index in [4.69, 9.17) is 9.84 Å². The SMILES string of the molecule is CCC(OC(=O)/C=C/C(=O)O)C(C)C. The second-order valence-electron chi connectivity index (χ2n) is 3.30. The Labute approximate surface area is 83.6 Å². The smallest absolute Gasteiger partial charge is 0.331 e. The third kappa shape index (κ3) is 5.35. The molecule has 0 aliphatic carbocycles. The van der Waals surface area contributed by atoms with Gasteiger partial charge < -0.3 is 9.84 Å². The molecule has 1 atom stereocenters. The van der Waals surface area contributed by atoms with Crippen LogP contribution in [-0.2, 0) is 14.3 Å². The molecule has 4 nitrogen and oxygen atoms in total. The number of aliphatic carboxylic acids is 1. The average Bonchev–Trinajstić information content (AvgIpc) is 2.10. The molecule has 0 aliphatic rings. The molecule has 0 saturated heterocycles. The van der Waals surface area contributed by atoms with Crippen molar-refractivity contribution in [2.75, 3.05) is 0 Å². The number of hydrogen-bond acceptors (Lipinski definition) is 3. The van der Waals surface area contributed by atoms with E-state index in [0.717, 1.165) is 18.6 Å². The fraction of sp³-hybridized carbons (Fsp3) is 0.600. The van der Waals surface area contributed by atoms with Gasteiger partial charge >= 0.3 is 11.9 Å². The zero-order valence-corrected chi connectivity index (χ0v) is 8.69. The highest BCUT2D eigenvalue weighted by atomic mass is 16.5. The van der Waals surface area contributed by atoms with Crippen molar-refractivity contribution in [3.63, 3.8) is 0 Å². The molecular formula is C10H16O4. The van der Waals surface area contributed by atoms with Crippen molar-refractivity contribution in [1.82, 2.24) is 0 Å². The van der Waals surface area contributed by atoms with Crippen molar-refractivity contribution >= 4 is 11.9 Å². The molecule has 0 heterocycles. The lowest BCUT2D eigenvalue weighted by atomic mass is 10.1. The molecular weight excluding hydrogens is 184 g/mol. The Bertz CT molecular complexity index is 230. The first kappa shape index (κ1) is 12.7. The summed E-state index contributed by atoms with van der Waals surface area (Å²) in [5.41, 5.74) is 0. The molecule has 0 aliphatic heterocycles. The molecule has 0 radical (unpaired) electrons. The maximum atomic E-state index is 11.0. The number of esters is 1. The van der Waals surface area contributed by atoms with Gasteiger partial charge in [-0.05, 0) is 12.3 Å². The van der Waals surface area contributed by atoms with E-state index < -0.39 is 11.9 Å². The first-order valence-corrected chi connectivity index (χ1v) is 4.59. The van der Waals surface area contributed by atoms with E-state index in [1.165, 1.54) is 0 Å². The van der Waals surface area contributed by atoms with Crippen molar-refractivity contribution in [2.45, 2.75) is 33.3 Å². The number of carbonyl (C=O) groups excluding carboxylic acids is 1. The van der Waals surface area contributed by atoms with E-state index in [1.807, 2.05) is 20.8 Å². The average molecular weight is 200 g/mol. The molecule has 0 aromatic rings. The van der Waals surface area contributed by atoms with E-state index in [0.29, 0.717) is 0 Å². The molecule has 4 heteroatoms. The number of carboxylic acid groups (broad SMARTS) is 1. The Morgan fingerprint density at radius 1 is 1.36 bits per heavy atom. The highest BCUT2D eigenvalue weighted by Crippen LogP contribution is 2.10. The standard InChI is InChI=1S/C10H16O4/c1-4-8(7(2)3)14-10(13)6-5-9(11)12/h5-8H,4H2,1-3H3,(H,11,12)/b6-5+. The quantitative estimate of drug-likeness (QED) is 0.541. The van der Waals surface area contributed by atoms with E-state index in [9.17, 15) is 9.59 Å². The summed E-state index contributed by atoms with van der Waals surface area (Å²) in [4.78, 5) is 21.1. The van der Waals surface area contributed by atoms with E-state index >= 15 is 0 Å². The largest absolute Gasteiger partial charge is 0.478 e. The Morgan fingerprint density at radius 3 is 2.29 bits per heavy atom. The van der Waals surface area contributed by atoms with Crippen molar-refractivity contribution in [3.05, 3.63) is 12.2 Å². The topological polar surface area (TPSA) is 63.6 Å². The Balaban J connectivity index is 4.10. The van der Waals surface area contributed by atoms with E-state index in [2.05, 4.69) is 0 Å². The molecule has 0 fully saturated rings. The summed E-state index contributed by atoms with van der Waals surface area (Å²) >= 11 is 0. The number of carboxylic acids is 1. The normalized spacial score (nSPS) is 13.1. The van der Waals surface area contributed by atoms with Crippen LogP contribution in [0.1, 0.15) is 27.2 Å². The molecule has 0 spiro atoms. The lowest BCUT2D eigenvalue weighted by molar-refractivity contribution is -0.145. The zero-order chi connectivity index (χ0) is 11.1. The van der Waals surface area contributed by atoms with Gasteiger partial charge in [0, 0.05) is 12.2 Å². The van der Waals surface area contributed by atoms with Crippen LogP contribution in [0.3, 0.4) is 0 Å². The summed E-state index contributed by atoms with van der Waals surface area (Å²) in [5.74, 6) is -1.52. The number of carbonyl (C=O) groups is 2. The molecule has 80 valence electrons. The summed E-state index contributed by atoms with van der Waals surface area (Å²) in [6.45, 7) is 5.81. The monoisotopic (exact) mass is 200 g/mol. The van der Waals surface area contributed by atoms with Gasteiger partial charge in [0.1, 0.15) is 6.10 Å². The molecule has 0 rings (SSSR count). The van der Waals surface area contributed by atoms with Crippen molar-refractivity contribution in [1.29, 1.82) is 0 Å². The number of ether oxygens (including phenoxy) is 1. The minimum Gasteiger partial charge on any atom is -0.478 e. The second-order valence-corrected chi connectivity index (χ2v) is 3.30. The third-order valence-electron chi connectivity index (χ3n) is 1.78. The minimum absolute atomic E-state index is 0.152. The molecule has 14 heavy (non-hydrogen) atoms. The summed E-state index contributed by atoms with van der Waals surface area (Å²) in [5, 5.41) is 8.27. The lowest BCUT2D eigenvalue weighted by Gasteiger charge is -2.18. The van der Waals surface area contributed by atoms with Gasteiger partial charge in [0.15, 0.2) is 0 Å². The van der Waals surface area contributed by atoms with Crippen LogP contribution in [-0.4, -0.2) is 23.1 Å². The van der Waals surface area contributed by atoms with Gasteiger partial charge in [0.05, 0.1) is 0 Å². The zero-order valence-electron chi connectivity index (χ0n) is 8.69. The van der Waals surface area contributed by atoms with Crippen LogP contribution in [0.15, 0.2) is 12.2 Å². The molecule has 0 amide bonds. The van der Waals surface area contributed by atoms with Gasteiger partial charge in [-0.1, -0.05) is 20.8 Å². The van der Waals surface area contributed by atoms with E-state index in [-0.39, 0.29) is 12.0 Å². The second kappa shape index (κ2) is 6.18. The summed E-state index contributed by atoms with van der Waals surface area (Å²) < 4.78 is 5.02. The number of rotatable bonds is 5. The predicted molar refractivity (Wildman–Crippen MR) is 51.8 cm³/mol. The first-order valence-electron chi connectivity index (χ1n) is 4.59. The lowest BCUT2D eigenvalue weighted by Crippen LogP contribution is -2.21. The third-order valence-corrected chi connectivity index (χ3v) is 1.78. The number of hydrogen-bond donors (Lipinski definition) is 1. The summed E-state index contributed by atoms with van der Waals surface area (Å²) in [6.07, 6.45) is 2.27. The fourth-order valence-electron chi connectivity index (χ4n) is 1.02. The van der Waals surface area contributed by atoms with Crippen molar-refractivity contribution < 1.29 is 19.4 Å². The fourth-order valence-corrected chi connectivity index (χ4v) is 1.02. The van der Waals surface area contributed by atoms with Gasteiger partial charge in [-0.2, -0.15) is 0 Å². The van der Waals surface area contributed by atoms with Crippen LogP contribution in [0.2, 0.25) is 0 Å². The van der Waals surface area contributed by atoms with Crippen LogP contribution in [0.25, 0.3) is 0 Å². The highest BCUT2D eigenvalue weighted by molar-refractivity contribution is 5.90. The predicted octanol–water partition coefficient (Wildman–Crippen LogP) is 1.60. The van der Waals surface area contributed by atoms with E-state index in [1.54, 1.807) is 0 Å². The minimum atomic E-state index is -1.15. The van der Waals surface area contributed by atoms with Crippen LogP contribution >= 0.6 is 0 Å². The highest BCUT2D eigenvalue weighted by Gasteiger charge is 2.14. The maximum Gasteiger partial charge on any atom is 0.331 e. The Kier molecular flexibility index (Phi) is 5.60. The van der Waals surface area contributed by atoms with Crippen LogP contribution in [0, 0.1) is 5.92 Å². The van der Waals surface area contributed by atoms with Crippen LogP contribution in [0.4, 0.5) is 0 Å². The van der Waals surface area contributed by atoms with Crippen molar-refractivity contribution in [3.8, 4) is 0 Å².